The molecule has 6 rings (SSSR count). The average molecular weight is 927 g/mol. The summed E-state index contributed by atoms with van der Waals surface area (Å²) < 4.78 is 11.3. The van der Waals surface area contributed by atoms with E-state index >= 15 is 0 Å². The number of aryl methyl sites for hydroxylation is 3. The lowest BCUT2D eigenvalue weighted by atomic mass is 9.99. The standard InChI is InChI=1S/C27H45NO3.C24H27NO.C4H6O6/c1-3-30-25-20-22(21-26(27(25)29)31-4-2)14-13-19-28(23-15-9-5-6-10-16-23)24-17-11-7-8-12-18-24;1-3-20-17-19(18-21(4-2)24(20)26)15-16-25(22-11-7-5-8-12-22)23-13-9-6-10-14-23;5-1(3(7)8)2(6)4(9)10/h20-21,23-24,29H,3-19H2,1-2H3;5-14,17-18,26H,3-4,15-16H2,1-2H3;1-2,5-6H,(H,7,8)(H,9,10). The van der Waals surface area contributed by atoms with Crippen LogP contribution >= 0.6 is 0 Å². The highest BCUT2D eigenvalue weighted by Gasteiger charge is 2.30. The topological polar surface area (TPSA) is 180 Å². The number of nitrogens with zero attached hydrogens (tertiary/aromatic N) is 2. The van der Waals surface area contributed by atoms with Gasteiger partial charge < -0.3 is 45.0 Å². The van der Waals surface area contributed by atoms with Crippen LogP contribution in [0.2, 0.25) is 0 Å². The molecule has 0 bridgehead atoms. The van der Waals surface area contributed by atoms with Crippen molar-refractivity contribution in [3.63, 3.8) is 0 Å². The van der Waals surface area contributed by atoms with Crippen molar-refractivity contribution in [1.29, 1.82) is 0 Å². The normalized spacial score (nSPS) is 15.4. The molecule has 4 aromatic carbocycles. The van der Waals surface area contributed by atoms with Crippen LogP contribution in [0.4, 0.5) is 11.4 Å². The highest BCUT2D eigenvalue weighted by Crippen LogP contribution is 2.38. The van der Waals surface area contributed by atoms with Gasteiger partial charge in [-0.2, -0.15) is 0 Å². The van der Waals surface area contributed by atoms with E-state index in [1.165, 1.54) is 106 Å². The van der Waals surface area contributed by atoms with Crippen molar-refractivity contribution < 1.29 is 49.7 Å². The first-order valence-electron chi connectivity index (χ1n) is 24.8. The van der Waals surface area contributed by atoms with Crippen LogP contribution < -0.4 is 14.4 Å². The molecule has 2 saturated carbocycles. The van der Waals surface area contributed by atoms with Crippen molar-refractivity contribution in [2.24, 2.45) is 0 Å². The average Bonchev–Trinajstić information content (AvgIpc) is 3.79. The number of carbonyl (C=O) groups is 2. The molecule has 0 radical (unpaired) electrons. The number of phenolic OH excluding ortho intramolecular Hbond substituents is 2. The molecule has 67 heavy (non-hydrogen) atoms. The Balaban J connectivity index is 0.000000246. The number of aliphatic carboxylic acids is 2. The minimum absolute atomic E-state index is 0.131. The maximum atomic E-state index is 10.4. The quantitative estimate of drug-likeness (QED) is 0.0463. The van der Waals surface area contributed by atoms with E-state index in [0.29, 0.717) is 30.5 Å². The molecule has 0 amide bonds. The molecule has 6 N–H and O–H groups in total. The Morgan fingerprint density at radius 1 is 0.567 bits per heavy atom. The third-order valence-electron chi connectivity index (χ3n) is 12.8. The second-order valence-corrected chi connectivity index (χ2v) is 17.5. The fraction of sp³-hybridized carbons (Fsp3) is 0.527. The zero-order chi connectivity index (χ0) is 48.6. The van der Waals surface area contributed by atoms with Gasteiger partial charge in [-0.1, -0.05) is 114 Å². The lowest BCUT2D eigenvalue weighted by molar-refractivity contribution is -0.165. The minimum Gasteiger partial charge on any atom is -0.507 e. The third-order valence-corrected chi connectivity index (χ3v) is 12.8. The van der Waals surface area contributed by atoms with E-state index in [1.54, 1.807) is 0 Å². The number of phenols is 2. The molecule has 2 unspecified atom stereocenters. The SMILES string of the molecule is CCOc1cc(CCCN(C2CCCCCC2)C2CCCCCC2)cc(OCC)c1O.CCc1cc(CCN(c2ccccc2)c2ccccc2)cc(CC)c1O.O=C(O)C(O)C(O)C(=O)O. The lowest BCUT2D eigenvalue weighted by Crippen LogP contribution is -2.43. The zero-order valence-electron chi connectivity index (χ0n) is 40.5. The van der Waals surface area contributed by atoms with Crippen LogP contribution in [0, 0.1) is 0 Å². The van der Waals surface area contributed by atoms with E-state index in [9.17, 15) is 19.8 Å². The first kappa shape index (κ1) is 54.3. The predicted molar refractivity (Wildman–Crippen MR) is 266 cm³/mol. The Bertz CT molecular complexity index is 1900. The molecule has 4 aromatic rings. The van der Waals surface area contributed by atoms with E-state index in [2.05, 4.69) is 84.3 Å². The molecular weight excluding hydrogens is 849 g/mol. The van der Waals surface area contributed by atoms with Gasteiger partial charge in [0.25, 0.3) is 0 Å². The van der Waals surface area contributed by atoms with Crippen molar-refractivity contribution in [2.45, 2.75) is 161 Å². The number of anilines is 2. The van der Waals surface area contributed by atoms with Crippen molar-refractivity contribution in [2.75, 3.05) is 31.2 Å². The third kappa shape index (κ3) is 17.4. The lowest BCUT2D eigenvalue weighted by Gasteiger charge is -2.38. The van der Waals surface area contributed by atoms with Gasteiger partial charge in [-0.25, -0.2) is 9.59 Å². The number of rotatable bonds is 20. The van der Waals surface area contributed by atoms with E-state index in [4.69, 9.17) is 29.9 Å². The van der Waals surface area contributed by atoms with E-state index in [-0.39, 0.29) is 5.75 Å². The number of hydrogen-bond donors (Lipinski definition) is 6. The molecule has 2 aliphatic rings. The van der Waals surface area contributed by atoms with Crippen molar-refractivity contribution >= 4 is 23.3 Å². The van der Waals surface area contributed by atoms with Crippen molar-refractivity contribution in [3.05, 3.63) is 107 Å². The van der Waals surface area contributed by atoms with Gasteiger partial charge in [0.1, 0.15) is 5.75 Å². The molecule has 2 aliphatic carbocycles. The summed E-state index contributed by atoms with van der Waals surface area (Å²) in [4.78, 5) is 24.8. The number of aliphatic hydroxyl groups excluding tert-OH is 2. The summed E-state index contributed by atoms with van der Waals surface area (Å²) in [5.74, 6) is -1.84. The summed E-state index contributed by atoms with van der Waals surface area (Å²) in [5, 5.41) is 53.3. The van der Waals surface area contributed by atoms with Gasteiger partial charge in [-0.3, -0.25) is 4.90 Å². The van der Waals surface area contributed by atoms with Gasteiger partial charge >= 0.3 is 11.9 Å². The molecule has 0 aromatic heterocycles. The zero-order valence-corrected chi connectivity index (χ0v) is 40.5. The van der Waals surface area contributed by atoms with Crippen LogP contribution in [0.5, 0.6) is 23.0 Å². The fourth-order valence-electron chi connectivity index (χ4n) is 9.27. The van der Waals surface area contributed by atoms with Gasteiger partial charge in [0.2, 0.25) is 5.75 Å². The summed E-state index contributed by atoms with van der Waals surface area (Å²) in [5.41, 5.74) is 6.98. The number of aromatic hydroxyl groups is 2. The van der Waals surface area contributed by atoms with Gasteiger partial charge in [0, 0.05) is 30.0 Å². The summed E-state index contributed by atoms with van der Waals surface area (Å²) in [6, 6.07) is 30.9. The smallest absolute Gasteiger partial charge is 0.335 e. The summed E-state index contributed by atoms with van der Waals surface area (Å²) in [7, 11) is 0. The van der Waals surface area contributed by atoms with Gasteiger partial charge in [-0.15, -0.1) is 0 Å². The molecule has 2 fully saturated rings. The number of benzene rings is 4. The Hall–Kier alpha value is -5.30. The molecule has 12 nitrogen and oxygen atoms in total. The molecule has 0 spiro atoms. The maximum absolute atomic E-state index is 10.4. The predicted octanol–water partition coefficient (Wildman–Crippen LogP) is 10.6. The first-order valence-corrected chi connectivity index (χ1v) is 24.8. The van der Waals surface area contributed by atoms with Crippen LogP contribution in [-0.2, 0) is 35.3 Å². The Morgan fingerprint density at radius 3 is 1.34 bits per heavy atom. The first-order chi connectivity index (χ1) is 32.4. The molecule has 2 atom stereocenters. The summed E-state index contributed by atoms with van der Waals surface area (Å²) in [6.07, 6.45) is 17.1. The van der Waals surface area contributed by atoms with Crippen LogP contribution in [0.15, 0.2) is 84.9 Å². The Labute approximate surface area is 399 Å². The van der Waals surface area contributed by atoms with E-state index in [1.807, 2.05) is 38.1 Å². The van der Waals surface area contributed by atoms with Crippen LogP contribution in [-0.4, -0.2) is 98.1 Å². The minimum atomic E-state index is -2.27. The summed E-state index contributed by atoms with van der Waals surface area (Å²) in [6.45, 7) is 11.2. The number of hydrogen-bond acceptors (Lipinski definition) is 10. The van der Waals surface area contributed by atoms with Gasteiger partial charge in [-0.05, 0) is 137 Å². The molecular formula is C55H78N2O10. The molecule has 368 valence electrons. The van der Waals surface area contributed by atoms with Crippen LogP contribution in [0.1, 0.15) is 133 Å². The van der Waals surface area contributed by atoms with E-state index in [0.717, 1.165) is 61.9 Å². The second kappa shape index (κ2) is 29.5. The molecule has 12 heteroatoms. The maximum Gasteiger partial charge on any atom is 0.335 e. The largest absolute Gasteiger partial charge is 0.507 e. The second-order valence-electron chi connectivity index (χ2n) is 17.5. The molecule has 0 saturated heterocycles. The Morgan fingerprint density at radius 2 is 0.970 bits per heavy atom. The Kier molecular flexibility index (Phi) is 23.9. The van der Waals surface area contributed by atoms with E-state index < -0.39 is 24.1 Å². The highest BCUT2D eigenvalue weighted by atomic mass is 16.5. The number of carboxylic acid groups (broad SMARTS) is 2. The number of aliphatic hydroxyl groups is 2. The van der Waals surface area contributed by atoms with Gasteiger partial charge in [0.15, 0.2) is 23.7 Å². The van der Waals surface area contributed by atoms with Crippen molar-refractivity contribution in [1.82, 2.24) is 4.90 Å². The van der Waals surface area contributed by atoms with Crippen LogP contribution in [0.3, 0.4) is 0 Å². The molecule has 0 heterocycles. The van der Waals surface area contributed by atoms with Crippen molar-refractivity contribution in [3.8, 4) is 23.0 Å². The van der Waals surface area contributed by atoms with Gasteiger partial charge in [0.05, 0.1) is 13.2 Å². The monoisotopic (exact) mass is 927 g/mol. The number of carboxylic acids is 2. The number of ether oxygens (including phenoxy) is 2. The summed E-state index contributed by atoms with van der Waals surface area (Å²) >= 11 is 0. The highest BCUT2D eigenvalue weighted by molar-refractivity contribution is 5.83. The fourth-order valence-corrected chi connectivity index (χ4v) is 9.27. The van der Waals surface area contributed by atoms with Crippen LogP contribution in [0.25, 0.3) is 0 Å². The molecule has 0 aliphatic heterocycles. The number of para-hydroxylation sites is 2.